The monoisotopic (exact) mass is 300 g/mol. The van der Waals surface area contributed by atoms with Crippen molar-refractivity contribution in [1.82, 2.24) is 20.3 Å². The molecule has 1 saturated heterocycles. The summed E-state index contributed by atoms with van der Waals surface area (Å²) < 4.78 is 6.93. The molecule has 0 saturated carbocycles. The highest BCUT2D eigenvalue weighted by molar-refractivity contribution is 5.89. The van der Waals surface area contributed by atoms with Crippen LogP contribution in [0, 0.1) is 5.41 Å². The Bertz CT molecular complexity index is 681. The average molecular weight is 300 g/mol. The summed E-state index contributed by atoms with van der Waals surface area (Å²) in [5.41, 5.74) is 0.948. The van der Waals surface area contributed by atoms with Crippen LogP contribution >= 0.6 is 0 Å². The van der Waals surface area contributed by atoms with Gasteiger partial charge in [0, 0.05) is 18.4 Å². The lowest BCUT2D eigenvalue weighted by Crippen LogP contribution is -2.27. The van der Waals surface area contributed by atoms with Crippen LogP contribution in [0.4, 0.5) is 0 Å². The minimum atomic E-state index is -0.397. The zero-order valence-electron chi connectivity index (χ0n) is 12.2. The largest absolute Gasteiger partial charge is 0.461 e. The lowest BCUT2D eigenvalue weighted by molar-refractivity contribution is -0.119. The number of hydrogen-bond donors (Lipinski definition) is 1. The van der Waals surface area contributed by atoms with Gasteiger partial charge in [-0.25, -0.2) is 9.48 Å². The molecule has 0 spiro atoms. The first-order chi connectivity index (χ1) is 10.6. The lowest BCUT2D eigenvalue weighted by Gasteiger charge is -2.20. The van der Waals surface area contributed by atoms with Crippen molar-refractivity contribution in [2.24, 2.45) is 5.41 Å². The molecule has 2 aromatic rings. The van der Waals surface area contributed by atoms with Crippen molar-refractivity contribution >= 4 is 11.9 Å². The zero-order chi connectivity index (χ0) is 15.6. The molecule has 1 aliphatic heterocycles. The molecular weight excluding hydrogens is 284 g/mol. The Morgan fingerprint density at radius 3 is 2.77 bits per heavy atom. The van der Waals surface area contributed by atoms with Gasteiger partial charge in [-0.2, -0.15) is 0 Å². The second kappa shape index (κ2) is 5.59. The van der Waals surface area contributed by atoms with Crippen molar-refractivity contribution in [3.05, 3.63) is 42.2 Å². The van der Waals surface area contributed by atoms with Crippen LogP contribution in [0.1, 0.15) is 23.7 Å². The quantitative estimate of drug-likeness (QED) is 0.850. The van der Waals surface area contributed by atoms with Gasteiger partial charge in [-0.1, -0.05) is 12.1 Å². The number of carbonyl (C=O) groups is 2. The molecule has 0 radical (unpaired) electrons. The number of nitrogens with zero attached hydrogens (tertiary/aromatic N) is 3. The Hall–Kier alpha value is -2.70. The van der Waals surface area contributed by atoms with Gasteiger partial charge in [0.1, 0.15) is 0 Å². The number of ether oxygens (including phenoxy) is 1. The van der Waals surface area contributed by atoms with Crippen molar-refractivity contribution in [3.8, 4) is 5.69 Å². The van der Waals surface area contributed by atoms with Gasteiger partial charge in [0.15, 0.2) is 0 Å². The number of amides is 1. The van der Waals surface area contributed by atoms with E-state index in [0.717, 1.165) is 5.69 Å². The summed E-state index contributed by atoms with van der Waals surface area (Å²) in [6.07, 6.45) is 3.68. The van der Waals surface area contributed by atoms with Gasteiger partial charge in [-0.15, -0.1) is 5.10 Å². The van der Waals surface area contributed by atoms with Crippen LogP contribution in [0.5, 0.6) is 0 Å². The number of rotatable bonds is 4. The summed E-state index contributed by atoms with van der Waals surface area (Å²) >= 11 is 0. The summed E-state index contributed by atoms with van der Waals surface area (Å²) in [6, 6.07) is 6.90. The van der Waals surface area contributed by atoms with Gasteiger partial charge in [0.05, 0.1) is 30.3 Å². The van der Waals surface area contributed by atoms with E-state index < -0.39 is 5.97 Å². The topological polar surface area (TPSA) is 86.1 Å². The van der Waals surface area contributed by atoms with Crippen LogP contribution in [0.15, 0.2) is 36.7 Å². The smallest absolute Gasteiger partial charge is 0.338 e. The molecule has 1 aromatic carbocycles. The van der Waals surface area contributed by atoms with Crippen molar-refractivity contribution in [2.45, 2.75) is 13.3 Å². The summed E-state index contributed by atoms with van der Waals surface area (Å²) in [7, 11) is 0. The fourth-order valence-corrected chi connectivity index (χ4v) is 2.35. The average Bonchev–Trinajstić information content (AvgIpc) is 3.16. The molecule has 1 N–H and O–H groups in total. The molecule has 0 unspecified atom stereocenters. The Kier molecular flexibility index (Phi) is 3.62. The number of esters is 1. The molecule has 1 amide bonds. The van der Waals surface area contributed by atoms with Crippen LogP contribution < -0.4 is 5.32 Å². The molecule has 3 rings (SSSR count). The summed E-state index contributed by atoms with van der Waals surface area (Å²) in [4.78, 5) is 23.3. The molecule has 1 aliphatic rings. The third-order valence-corrected chi connectivity index (χ3v) is 3.64. The Morgan fingerprint density at radius 2 is 2.18 bits per heavy atom. The van der Waals surface area contributed by atoms with Crippen LogP contribution in [0.3, 0.4) is 0 Å². The third-order valence-electron chi connectivity index (χ3n) is 3.64. The Morgan fingerprint density at radius 1 is 1.41 bits per heavy atom. The van der Waals surface area contributed by atoms with Gasteiger partial charge in [0.2, 0.25) is 5.91 Å². The normalized spacial score (nSPS) is 20.7. The van der Waals surface area contributed by atoms with E-state index in [0.29, 0.717) is 18.5 Å². The van der Waals surface area contributed by atoms with Crippen molar-refractivity contribution in [3.63, 3.8) is 0 Å². The molecule has 0 bridgehead atoms. The highest BCUT2D eigenvalue weighted by Gasteiger charge is 2.35. The van der Waals surface area contributed by atoms with Crippen LogP contribution in [-0.4, -0.2) is 40.0 Å². The fourth-order valence-electron chi connectivity index (χ4n) is 2.35. The van der Waals surface area contributed by atoms with E-state index in [2.05, 4.69) is 15.6 Å². The summed E-state index contributed by atoms with van der Waals surface area (Å²) in [5.74, 6) is -0.401. The molecule has 0 aliphatic carbocycles. The molecular formula is C15H16N4O3. The number of hydrogen-bond acceptors (Lipinski definition) is 5. The maximum Gasteiger partial charge on any atom is 0.338 e. The molecule has 22 heavy (non-hydrogen) atoms. The van der Waals surface area contributed by atoms with E-state index in [1.54, 1.807) is 41.3 Å². The highest BCUT2D eigenvalue weighted by Crippen LogP contribution is 2.25. The van der Waals surface area contributed by atoms with Crippen LogP contribution in [-0.2, 0) is 9.53 Å². The number of aromatic nitrogens is 3. The molecule has 7 heteroatoms. The van der Waals surface area contributed by atoms with Crippen molar-refractivity contribution < 1.29 is 14.3 Å². The van der Waals surface area contributed by atoms with E-state index in [9.17, 15) is 9.59 Å². The van der Waals surface area contributed by atoms with E-state index in [-0.39, 0.29) is 17.9 Å². The second-order valence-corrected chi connectivity index (χ2v) is 5.73. The van der Waals surface area contributed by atoms with Gasteiger partial charge in [-0.05, 0) is 24.3 Å². The standard InChI is InChI=1S/C15H16N4O3/c1-15(8-13(20)16-9-15)10-22-14(21)11-2-4-12(5-3-11)19-7-6-17-18-19/h2-7H,8-10H2,1H3,(H,16,20)/t15-/m0/s1. The molecule has 7 nitrogen and oxygen atoms in total. The number of carbonyl (C=O) groups excluding carboxylic acids is 2. The van der Waals surface area contributed by atoms with E-state index in [4.69, 9.17) is 4.74 Å². The van der Waals surface area contributed by atoms with Gasteiger partial charge >= 0.3 is 5.97 Å². The predicted molar refractivity (Wildman–Crippen MR) is 77.4 cm³/mol. The summed E-state index contributed by atoms with van der Waals surface area (Å²) in [6.45, 7) is 2.67. The van der Waals surface area contributed by atoms with Gasteiger partial charge < -0.3 is 10.1 Å². The minimum Gasteiger partial charge on any atom is -0.461 e. The van der Waals surface area contributed by atoms with Gasteiger partial charge in [-0.3, -0.25) is 4.79 Å². The van der Waals surface area contributed by atoms with Crippen molar-refractivity contribution in [1.29, 1.82) is 0 Å². The van der Waals surface area contributed by atoms with Crippen LogP contribution in [0.2, 0.25) is 0 Å². The highest BCUT2D eigenvalue weighted by atomic mass is 16.5. The first kappa shape index (κ1) is 14.2. The van der Waals surface area contributed by atoms with Gasteiger partial charge in [0.25, 0.3) is 0 Å². The van der Waals surface area contributed by atoms with Crippen LogP contribution in [0.25, 0.3) is 5.69 Å². The molecule has 1 fully saturated rings. The zero-order valence-corrected chi connectivity index (χ0v) is 12.2. The Balaban J connectivity index is 1.62. The lowest BCUT2D eigenvalue weighted by atomic mass is 9.91. The number of nitrogens with one attached hydrogen (secondary N) is 1. The molecule has 114 valence electrons. The maximum atomic E-state index is 12.1. The van der Waals surface area contributed by atoms with E-state index in [1.807, 2.05) is 6.92 Å². The second-order valence-electron chi connectivity index (χ2n) is 5.73. The maximum absolute atomic E-state index is 12.1. The number of benzene rings is 1. The molecule has 1 aromatic heterocycles. The minimum absolute atomic E-state index is 0.00395. The predicted octanol–water partition coefficient (Wildman–Crippen LogP) is 0.950. The SMILES string of the molecule is C[C@@]1(COC(=O)c2ccc(-n3ccnn3)cc2)CNC(=O)C1. The first-order valence-electron chi connectivity index (χ1n) is 6.96. The fraction of sp³-hybridized carbons (Fsp3) is 0.333. The van der Waals surface area contributed by atoms with E-state index in [1.165, 1.54) is 0 Å². The first-order valence-corrected chi connectivity index (χ1v) is 6.96. The summed E-state index contributed by atoms with van der Waals surface area (Å²) in [5, 5.41) is 10.4. The third kappa shape index (κ3) is 2.98. The Labute approximate surface area is 127 Å². The van der Waals surface area contributed by atoms with E-state index >= 15 is 0 Å². The molecule has 1 atom stereocenters. The van der Waals surface area contributed by atoms with Crippen molar-refractivity contribution in [2.75, 3.05) is 13.2 Å². The molecule has 2 heterocycles.